The van der Waals surface area contributed by atoms with Crippen LogP contribution in [-0.2, 0) is 13.0 Å². The zero-order valence-corrected chi connectivity index (χ0v) is 12.3. The topological polar surface area (TPSA) is 18.5 Å². The molecule has 1 atom stereocenters. The maximum absolute atomic E-state index is 3.49. The average Bonchev–Trinajstić information content (AvgIpc) is 3.17. The van der Waals surface area contributed by atoms with E-state index in [1.807, 2.05) is 0 Å². The molecular formula is C17H25N3. The molecule has 3 heterocycles. The molecule has 2 fully saturated rings. The summed E-state index contributed by atoms with van der Waals surface area (Å²) in [4.78, 5) is 5.37. The number of nitrogens with one attached hydrogen (secondary N) is 1. The van der Waals surface area contributed by atoms with E-state index in [4.69, 9.17) is 0 Å². The van der Waals surface area contributed by atoms with Crippen molar-refractivity contribution in [3.63, 3.8) is 0 Å². The second-order valence-corrected chi connectivity index (χ2v) is 6.47. The Morgan fingerprint density at radius 2 is 2.00 bits per heavy atom. The minimum atomic E-state index is 0.801. The van der Waals surface area contributed by atoms with E-state index in [1.165, 1.54) is 63.1 Å². The molecule has 3 aliphatic heterocycles. The standard InChI is InChI=1S/C17H25N3/c1-2-10-19(9-1)15-7-11-20(13-15)17-5-3-4-14-12-18-8-6-16(14)17/h3-5,15,18H,1-2,6-13H2. The van der Waals surface area contributed by atoms with Crippen molar-refractivity contribution in [2.75, 3.05) is 37.6 Å². The molecule has 1 aromatic rings. The molecule has 0 amide bonds. The van der Waals surface area contributed by atoms with Gasteiger partial charge in [0, 0.05) is 31.4 Å². The molecule has 1 unspecified atom stereocenters. The molecule has 2 saturated heterocycles. The van der Waals surface area contributed by atoms with Crippen molar-refractivity contribution in [3.05, 3.63) is 29.3 Å². The number of fused-ring (bicyclic) bond motifs is 1. The summed E-state index contributed by atoms with van der Waals surface area (Å²) in [5.74, 6) is 0. The van der Waals surface area contributed by atoms with Crippen LogP contribution in [-0.4, -0.2) is 43.7 Å². The van der Waals surface area contributed by atoms with E-state index in [0.717, 1.165) is 19.1 Å². The van der Waals surface area contributed by atoms with Crippen LogP contribution in [0.1, 0.15) is 30.4 Å². The molecular weight excluding hydrogens is 246 g/mol. The quantitative estimate of drug-likeness (QED) is 0.887. The monoisotopic (exact) mass is 271 g/mol. The Balaban J connectivity index is 1.53. The number of nitrogens with zero attached hydrogens (tertiary/aromatic N) is 2. The number of benzene rings is 1. The Hall–Kier alpha value is -1.06. The average molecular weight is 271 g/mol. The molecule has 0 spiro atoms. The second kappa shape index (κ2) is 5.38. The molecule has 1 N–H and O–H groups in total. The summed E-state index contributed by atoms with van der Waals surface area (Å²) in [7, 11) is 0. The number of likely N-dealkylation sites (tertiary alicyclic amines) is 1. The number of hydrogen-bond acceptors (Lipinski definition) is 3. The molecule has 20 heavy (non-hydrogen) atoms. The van der Waals surface area contributed by atoms with Gasteiger partial charge in [0.05, 0.1) is 0 Å². The first-order chi connectivity index (χ1) is 9.92. The van der Waals surface area contributed by atoms with Gasteiger partial charge >= 0.3 is 0 Å². The highest BCUT2D eigenvalue weighted by Crippen LogP contribution is 2.31. The fraction of sp³-hybridized carbons (Fsp3) is 0.647. The molecule has 0 saturated carbocycles. The molecule has 1 aromatic carbocycles. The molecule has 0 radical (unpaired) electrons. The summed E-state index contributed by atoms with van der Waals surface area (Å²) < 4.78 is 0. The summed E-state index contributed by atoms with van der Waals surface area (Å²) in [6.07, 6.45) is 5.35. The van der Waals surface area contributed by atoms with Gasteiger partial charge in [-0.15, -0.1) is 0 Å². The van der Waals surface area contributed by atoms with Crippen molar-refractivity contribution < 1.29 is 0 Å². The molecule has 0 aromatic heterocycles. The molecule has 108 valence electrons. The Kier molecular flexibility index (Phi) is 3.41. The van der Waals surface area contributed by atoms with E-state index < -0.39 is 0 Å². The fourth-order valence-electron chi connectivity index (χ4n) is 4.17. The van der Waals surface area contributed by atoms with Crippen molar-refractivity contribution >= 4 is 5.69 Å². The highest BCUT2D eigenvalue weighted by Gasteiger charge is 2.30. The largest absolute Gasteiger partial charge is 0.370 e. The molecule has 3 aliphatic rings. The van der Waals surface area contributed by atoms with Crippen molar-refractivity contribution in [2.24, 2.45) is 0 Å². The van der Waals surface area contributed by atoms with Gasteiger partial charge in [0.25, 0.3) is 0 Å². The summed E-state index contributed by atoms with van der Waals surface area (Å²) in [5.41, 5.74) is 4.64. The van der Waals surface area contributed by atoms with Gasteiger partial charge < -0.3 is 10.2 Å². The zero-order chi connectivity index (χ0) is 13.4. The van der Waals surface area contributed by atoms with Crippen LogP contribution in [0.4, 0.5) is 5.69 Å². The SMILES string of the molecule is c1cc2c(c(N3CCC(N4CCCC4)C3)c1)CCNC2. The second-order valence-electron chi connectivity index (χ2n) is 6.47. The highest BCUT2D eigenvalue weighted by molar-refractivity contribution is 5.58. The third-order valence-corrected chi connectivity index (χ3v) is 5.28. The summed E-state index contributed by atoms with van der Waals surface area (Å²) in [6.45, 7) is 7.32. The van der Waals surface area contributed by atoms with E-state index in [0.29, 0.717) is 0 Å². The summed E-state index contributed by atoms with van der Waals surface area (Å²) in [6, 6.07) is 7.68. The fourth-order valence-corrected chi connectivity index (χ4v) is 4.17. The Morgan fingerprint density at radius 3 is 2.90 bits per heavy atom. The Labute approximate surface area is 121 Å². The van der Waals surface area contributed by atoms with Crippen LogP contribution in [0, 0.1) is 0 Å². The van der Waals surface area contributed by atoms with Crippen molar-refractivity contribution in [1.29, 1.82) is 0 Å². The van der Waals surface area contributed by atoms with Gasteiger partial charge in [-0.1, -0.05) is 12.1 Å². The maximum atomic E-state index is 3.49. The van der Waals surface area contributed by atoms with Gasteiger partial charge in [-0.05, 0) is 62.5 Å². The van der Waals surface area contributed by atoms with Crippen LogP contribution < -0.4 is 10.2 Å². The van der Waals surface area contributed by atoms with Gasteiger partial charge in [-0.3, -0.25) is 4.90 Å². The van der Waals surface area contributed by atoms with Crippen LogP contribution in [0.3, 0.4) is 0 Å². The van der Waals surface area contributed by atoms with Gasteiger partial charge in [0.1, 0.15) is 0 Å². The first-order valence-electron chi connectivity index (χ1n) is 8.22. The van der Waals surface area contributed by atoms with Crippen LogP contribution in [0.25, 0.3) is 0 Å². The van der Waals surface area contributed by atoms with Crippen molar-refractivity contribution in [2.45, 2.75) is 38.3 Å². The first kappa shape index (κ1) is 12.7. The smallest absolute Gasteiger partial charge is 0.0403 e. The van der Waals surface area contributed by atoms with E-state index in [9.17, 15) is 0 Å². The minimum Gasteiger partial charge on any atom is -0.370 e. The van der Waals surface area contributed by atoms with E-state index in [1.54, 1.807) is 5.56 Å². The Morgan fingerprint density at radius 1 is 1.10 bits per heavy atom. The molecule has 3 heteroatoms. The zero-order valence-electron chi connectivity index (χ0n) is 12.3. The Bertz CT molecular complexity index is 479. The third-order valence-electron chi connectivity index (χ3n) is 5.28. The van der Waals surface area contributed by atoms with E-state index in [-0.39, 0.29) is 0 Å². The van der Waals surface area contributed by atoms with Gasteiger partial charge in [0.15, 0.2) is 0 Å². The van der Waals surface area contributed by atoms with Crippen LogP contribution >= 0.6 is 0 Å². The molecule has 4 rings (SSSR count). The molecule has 0 aliphatic carbocycles. The lowest BCUT2D eigenvalue weighted by Gasteiger charge is -2.28. The number of hydrogen-bond donors (Lipinski definition) is 1. The molecule has 3 nitrogen and oxygen atoms in total. The lowest BCUT2D eigenvalue weighted by Crippen LogP contribution is -2.35. The predicted octanol–water partition coefficient (Wildman–Crippen LogP) is 2.01. The van der Waals surface area contributed by atoms with Crippen molar-refractivity contribution in [1.82, 2.24) is 10.2 Å². The van der Waals surface area contributed by atoms with Gasteiger partial charge in [-0.2, -0.15) is 0 Å². The maximum Gasteiger partial charge on any atom is 0.0403 e. The predicted molar refractivity (Wildman–Crippen MR) is 83.3 cm³/mol. The van der Waals surface area contributed by atoms with Crippen LogP contribution in [0.2, 0.25) is 0 Å². The van der Waals surface area contributed by atoms with Crippen LogP contribution in [0.5, 0.6) is 0 Å². The lowest BCUT2D eigenvalue weighted by molar-refractivity contribution is 0.260. The minimum absolute atomic E-state index is 0.801. The van der Waals surface area contributed by atoms with E-state index >= 15 is 0 Å². The molecule has 0 bridgehead atoms. The van der Waals surface area contributed by atoms with Gasteiger partial charge in [0.2, 0.25) is 0 Å². The van der Waals surface area contributed by atoms with Crippen molar-refractivity contribution in [3.8, 4) is 0 Å². The summed E-state index contributed by atoms with van der Waals surface area (Å²) in [5, 5.41) is 3.49. The van der Waals surface area contributed by atoms with Gasteiger partial charge in [-0.25, -0.2) is 0 Å². The number of rotatable bonds is 2. The highest BCUT2D eigenvalue weighted by atomic mass is 15.3. The first-order valence-corrected chi connectivity index (χ1v) is 8.22. The van der Waals surface area contributed by atoms with Crippen LogP contribution in [0.15, 0.2) is 18.2 Å². The lowest BCUT2D eigenvalue weighted by atomic mass is 9.98. The van der Waals surface area contributed by atoms with E-state index in [2.05, 4.69) is 33.3 Å². The third kappa shape index (κ3) is 2.23. The summed E-state index contributed by atoms with van der Waals surface area (Å²) >= 11 is 0. The normalized spacial score (nSPS) is 27.0. The number of anilines is 1.